The van der Waals surface area contributed by atoms with Gasteiger partial charge in [-0.15, -0.1) is 0 Å². The Labute approximate surface area is 84.5 Å². The van der Waals surface area contributed by atoms with Gasteiger partial charge in [0, 0.05) is 6.61 Å². The first-order valence-corrected chi connectivity index (χ1v) is 5.10. The van der Waals surface area contributed by atoms with Crippen molar-refractivity contribution in [2.75, 3.05) is 13.7 Å². The number of aliphatic hydroxyl groups is 1. The van der Waals surface area contributed by atoms with Crippen molar-refractivity contribution < 1.29 is 9.84 Å². The molecular weight excluding hydrogens is 176 g/mol. The average Bonchev–Trinajstić information content (AvgIpc) is 2.18. The minimum Gasteiger partial charge on any atom is -0.497 e. The molecule has 2 atom stereocenters. The molecule has 0 heterocycles. The maximum Gasteiger partial charge on any atom is 0.118 e. The van der Waals surface area contributed by atoms with Gasteiger partial charge in [0.15, 0.2) is 0 Å². The highest BCUT2D eigenvalue weighted by atomic mass is 16.5. The third-order valence-electron chi connectivity index (χ3n) is 3.20. The second kappa shape index (κ2) is 4.01. The Kier molecular flexibility index (Phi) is 2.73. The van der Waals surface area contributed by atoms with Crippen LogP contribution in [0.5, 0.6) is 5.75 Å². The molecule has 14 heavy (non-hydrogen) atoms. The molecule has 0 saturated heterocycles. The van der Waals surface area contributed by atoms with Gasteiger partial charge < -0.3 is 9.84 Å². The van der Waals surface area contributed by atoms with Gasteiger partial charge in [-0.05, 0) is 42.4 Å². The summed E-state index contributed by atoms with van der Waals surface area (Å²) in [6.45, 7) is 0.316. The van der Waals surface area contributed by atoms with Crippen molar-refractivity contribution in [3.8, 4) is 5.75 Å². The molecule has 1 aliphatic rings. The van der Waals surface area contributed by atoms with Crippen LogP contribution in [-0.4, -0.2) is 18.8 Å². The van der Waals surface area contributed by atoms with Crippen LogP contribution in [0, 0.1) is 5.92 Å². The van der Waals surface area contributed by atoms with E-state index in [2.05, 4.69) is 12.1 Å². The molecule has 1 aromatic carbocycles. The summed E-state index contributed by atoms with van der Waals surface area (Å²) in [4.78, 5) is 0. The summed E-state index contributed by atoms with van der Waals surface area (Å²) in [5.41, 5.74) is 1.33. The number of methoxy groups -OCH3 is 1. The molecule has 2 rings (SSSR count). The Bertz CT molecular complexity index is 290. The number of rotatable bonds is 3. The predicted molar refractivity (Wildman–Crippen MR) is 55.5 cm³/mol. The Balaban J connectivity index is 2.09. The van der Waals surface area contributed by atoms with E-state index in [9.17, 15) is 0 Å². The molecule has 1 aromatic rings. The van der Waals surface area contributed by atoms with Crippen LogP contribution in [0.2, 0.25) is 0 Å². The highest BCUT2D eigenvalue weighted by molar-refractivity contribution is 5.30. The van der Waals surface area contributed by atoms with Gasteiger partial charge in [0.25, 0.3) is 0 Å². The fourth-order valence-electron chi connectivity index (χ4n) is 2.08. The summed E-state index contributed by atoms with van der Waals surface area (Å²) in [6, 6.07) is 8.18. The zero-order valence-corrected chi connectivity index (χ0v) is 8.44. The third kappa shape index (κ3) is 1.62. The molecule has 0 aromatic heterocycles. The van der Waals surface area contributed by atoms with Gasteiger partial charge in [-0.3, -0.25) is 0 Å². The molecular formula is C12H16O2. The van der Waals surface area contributed by atoms with Crippen molar-refractivity contribution >= 4 is 0 Å². The number of hydrogen-bond donors (Lipinski definition) is 1. The van der Waals surface area contributed by atoms with Gasteiger partial charge in [-0.25, -0.2) is 0 Å². The first kappa shape index (κ1) is 9.53. The number of aliphatic hydroxyl groups excluding tert-OH is 1. The summed E-state index contributed by atoms with van der Waals surface area (Å²) in [5.74, 6) is 1.93. The van der Waals surface area contributed by atoms with Crippen LogP contribution < -0.4 is 4.74 Å². The molecule has 2 unspecified atom stereocenters. The molecule has 0 bridgehead atoms. The first-order chi connectivity index (χ1) is 6.85. The van der Waals surface area contributed by atoms with Crippen LogP contribution in [0.4, 0.5) is 0 Å². The van der Waals surface area contributed by atoms with Crippen molar-refractivity contribution in [1.29, 1.82) is 0 Å². The monoisotopic (exact) mass is 192 g/mol. The summed E-state index contributed by atoms with van der Waals surface area (Å²) < 4.78 is 5.10. The third-order valence-corrected chi connectivity index (χ3v) is 3.20. The van der Waals surface area contributed by atoms with Crippen LogP contribution in [0.25, 0.3) is 0 Å². The molecule has 76 valence electrons. The van der Waals surface area contributed by atoms with E-state index in [1.54, 1.807) is 7.11 Å². The quantitative estimate of drug-likeness (QED) is 0.795. The molecule has 1 N–H and O–H groups in total. The van der Waals surface area contributed by atoms with E-state index in [4.69, 9.17) is 9.84 Å². The zero-order valence-electron chi connectivity index (χ0n) is 8.44. The minimum atomic E-state index is 0.316. The van der Waals surface area contributed by atoms with E-state index in [-0.39, 0.29) is 0 Å². The van der Waals surface area contributed by atoms with E-state index >= 15 is 0 Å². The lowest BCUT2D eigenvalue weighted by molar-refractivity contribution is 0.135. The Morgan fingerprint density at radius 2 is 2.00 bits per heavy atom. The maximum atomic E-state index is 9.09. The lowest BCUT2D eigenvalue weighted by Gasteiger charge is -2.35. The summed E-state index contributed by atoms with van der Waals surface area (Å²) in [5, 5.41) is 9.09. The first-order valence-electron chi connectivity index (χ1n) is 5.10. The summed E-state index contributed by atoms with van der Waals surface area (Å²) in [7, 11) is 1.68. The lowest BCUT2D eigenvalue weighted by atomic mass is 9.70. The second-order valence-corrected chi connectivity index (χ2v) is 3.90. The predicted octanol–water partition coefficient (Wildman–Crippen LogP) is 2.18. The van der Waals surface area contributed by atoms with Gasteiger partial charge in [0.1, 0.15) is 5.75 Å². The van der Waals surface area contributed by atoms with Crippen LogP contribution in [0.3, 0.4) is 0 Å². The van der Waals surface area contributed by atoms with Gasteiger partial charge in [0.05, 0.1) is 7.11 Å². The molecule has 1 fully saturated rings. The minimum absolute atomic E-state index is 0.316. The highest BCUT2D eigenvalue weighted by Gasteiger charge is 2.31. The SMILES string of the molecule is COc1ccc(C2CCC2CO)cc1. The van der Waals surface area contributed by atoms with Gasteiger partial charge in [-0.2, -0.15) is 0 Å². The number of benzene rings is 1. The molecule has 0 amide bonds. The van der Waals surface area contributed by atoms with Gasteiger partial charge >= 0.3 is 0 Å². The Morgan fingerprint density at radius 3 is 2.43 bits per heavy atom. The number of ether oxygens (including phenoxy) is 1. The molecule has 2 nitrogen and oxygen atoms in total. The van der Waals surface area contributed by atoms with Crippen molar-refractivity contribution in [2.24, 2.45) is 5.92 Å². The maximum absolute atomic E-state index is 9.09. The Hall–Kier alpha value is -1.02. The molecule has 0 radical (unpaired) electrons. The molecule has 2 heteroatoms. The highest BCUT2D eigenvalue weighted by Crippen LogP contribution is 2.42. The van der Waals surface area contributed by atoms with Crippen LogP contribution >= 0.6 is 0 Å². The fraction of sp³-hybridized carbons (Fsp3) is 0.500. The standard InChI is InChI=1S/C12H16O2/c1-14-11-5-2-9(3-6-11)12-7-4-10(12)8-13/h2-3,5-6,10,12-13H,4,7-8H2,1H3. The van der Waals surface area contributed by atoms with Crippen LogP contribution in [0.1, 0.15) is 24.3 Å². The normalized spacial score (nSPS) is 25.6. The van der Waals surface area contributed by atoms with Gasteiger partial charge in [-0.1, -0.05) is 12.1 Å². The Morgan fingerprint density at radius 1 is 1.29 bits per heavy atom. The fourth-order valence-corrected chi connectivity index (χ4v) is 2.08. The van der Waals surface area contributed by atoms with Gasteiger partial charge in [0.2, 0.25) is 0 Å². The smallest absolute Gasteiger partial charge is 0.118 e. The number of hydrogen-bond acceptors (Lipinski definition) is 2. The van der Waals surface area contributed by atoms with Crippen molar-refractivity contribution in [3.05, 3.63) is 29.8 Å². The van der Waals surface area contributed by atoms with E-state index in [0.717, 1.165) is 12.2 Å². The van der Waals surface area contributed by atoms with E-state index in [0.29, 0.717) is 18.4 Å². The van der Waals surface area contributed by atoms with Crippen LogP contribution in [0.15, 0.2) is 24.3 Å². The topological polar surface area (TPSA) is 29.5 Å². The van der Waals surface area contributed by atoms with E-state index in [1.165, 1.54) is 12.0 Å². The van der Waals surface area contributed by atoms with Crippen LogP contribution in [-0.2, 0) is 0 Å². The van der Waals surface area contributed by atoms with Crippen molar-refractivity contribution in [2.45, 2.75) is 18.8 Å². The summed E-state index contributed by atoms with van der Waals surface area (Å²) >= 11 is 0. The molecule has 1 aliphatic carbocycles. The molecule has 0 spiro atoms. The zero-order chi connectivity index (χ0) is 9.97. The van der Waals surface area contributed by atoms with E-state index < -0.39 is 0 Å². The lowest BCUT2D eigenvalue weighted by Crippen LogP contribution is -2.26. The average molecular weight is 192 g/mol. The van der Waals surface area contributed by atoms with Crippen molar-refractivity contribution in [1.82, 2.24) is 0 Å². The largest absolute Gasteiger partial charge is 0.497 e. The summed E-state index contributed by atoms with van der Waals surface area (Å²) in [6.07, 6.45) is 2.37. The van der Waals surface area contributed by atoms with Crippen molar-refractivity contribution in [3.63, 3.8) is 0 Å². The second-order valence-electron chi connectivity index (χ2n) is 3.90. The van der Waals surface area contributed by atoms with E-state index in [1.807, 2.05) is 12.1 Å². The molecule has 0 aliphatic heterocycles. The molecule has 1 saturated carbocycles.